The summed E-state index contributed by atoms with van der Waals surface area (Å²) >= 11 is -1.99. The highest BCUT2D eigenvalue weighted by molar-refractivity contribution is 7.76. The van der Waals surface area contributed by atoms with Crippen LogP contribution in [0.15, 0.2) is 72.9 Å². The molecule has 5 nitrogen and oxygen atoms in total. The molecule has 0 radical (unpaired) electrons. The standard InChI is InChI=1S/C25H24FN3O2S/c1-18-13-24-20(16-27-29(24)22-9-7-21(26)8-10-22)14-23(18)25(11-12-28(17-25)32(30)31)15-19-5-3-2-4-6-19/h2-10,13-14,16H,11-12,15,17H2,1H3,(H,30,31). The first-order chi connectivity index (χ1) is 15.4. The van der Waals surface area contributed by atoms with E-state index in [2.05, 4.69) is 36.3 Å². The van der Waals surface area contributed by atoms with Crippen molar-refractivity contribution in [2.24, 2.45) is 0 Å². The molecule has 2 unspecified atom stereocenters. The van der Waals surface area contributed by atoms with Crippen LogP contribution in [0.5, 0.6) is 0 Å². The SMILES string of the molecule is Cc1cc2c(cnn2-c2ccc(F)cc2)cc1C1(Cc2ccccc2)CCN(S(=O)O)C1. The van der Waals surface area contributed by atoms with Crippen LogP contribution in [0.25, 0.3) is 16.6 Å². The van der Waals surface area contributed by atoms with Gasteiger partial charge in [-0.3, -0.25) is 4.55 Å². The molecule has 0 saturated carbocycles. The Labute approximate surface area is 188 Å². The van der Waals surface area contributed by atoms with Gasteiger partial charge in [-0.15, -0.1) is 0 Å². The van der Waals surface area contributed by atoms with Crippen LogP contribution in [-0.2, 0) is 23.1 Å². The molecule has 0 aliphatic carbocycles. The fourth-order valence-corrected chi connectivity index (χ4v) is 5.56. The van der Waals surface area contributed by atoms with E-state index in [0.29, 0.717) is 13.1 Å². The highest BCUT2D eigenvalue weighted by atomic mass is 32.2. The second kappa shape index (κ2) is 8.24. The summed E-state index contributed by atoms with van der Waals surface area (Å²) in [4.78, 5) is 0. The number of aromatic nitrogens is 2. The first-order valence-corrected chi connectivity index (χ1v) is 11.7. The second-order valence-corrected chi connectivity index (χ2v) is 9.52. The number of rotatable bonds is 5. The Bertz CT molecular complexity index is 1290. The molecule has 4 aromatic rings. The first-order valence-electron chi connectivity index (χ1n) is 10.6. The third-order valence-electron chi connectivity index (χ3n) is 6.48. The molecule has 1 N–H and O–H groups in total. The Balaban J connectivity index is 1.61. The van der Waals surface area contributed by atoms with E-state index in [0.717, 1.165) is 35.0 Å². The van der Waals surface area contributed by atoms with Crippen molar-refractivity contribution in [1.82, 2.24) is 14.1 Å². The highest BCUT2D eigenvalue weighted by Crippen LogP contribution is 2.41. The van der Waals surface area contributed by atoms with Crippen LogP contribution in [0.4, 0.5) is 4.39 Å². The van der Waals surface area contributed by atoms with Crippen molar-refractivity contribution < 1.29 is 13.2 Å². The molecular formula is C25H24FN3O2S. The Morgan fingerprint density at radius 1 is 1.12 bits per heavy atom. The van der Waals surface area contributed by atoms with Crippen LogP contribution < -0.4 is 0 Å². The van der Waals surface area contributed by atoms with E-state index < -0.39 is 11.3 Å². The summed E-state index contributed by atoms with van der Waals surface area (Å²) in [7, 11) is 0. The van der Waals surface area contributed by atoms with Crippen LogP contribution in [0.3, 0.4) is 0 Å². The first kappa shape index (κ1) is 21.0. The summed E-state index contributed by atoms with van der Waals surface area (Å²) in [6.45, 7) is 3.17. The quantitative estimate of drug-likeness (QED) is 0.446. The average Bonchev–Trinajstić information content (AvgIpc) is 3.39. The van der Waals surface area contributed by atoms with Crippen molar-refractivity contribution in [3.8, 4) is 5.69 Å². The summed E-state index contributed by atoms with van der Waals surface area (Å²) in [6, 6.07) is 20.9. The molecule has 1 aliphatic heterocycles. The molecule has 32 heavy (non-hydrogen) atoms. The van der Waals surface area contributed by atoms with Crippen molar-refractivity contribution in [3.05, 3.63) is 95.4 Å². The number of fused-ring (bicyclic) bond motifs is 1. The van der Waals surface area contributed by atoms with Crippen LogP contribution in [0.2, 0.25) is 0 Å². The van der Waals surface area contributed by atoms with Crippen LogP contribution >= 0.6 is 0 Å². The summed E-state index contributed by atoms with van der Waals surface area (Å²) < 4.78 is 38.4. The van der Waals surface area contributed by atoms with E-state index in [9.17, 15) is 13.2 Å². The Hall–Kier alpha value is -2.87. The lowest BCUT2D eigenvalue weighted by Crippen LogP contribution is -2.34. The Morgan fingerprint density at radius 2 is 1.88 bits per heavy atom. The van der Waals surface area contributed by atoms with Gasteiger partial charge in [0.25, 0.3) is 0 Å². The van der Waals surface area contributed by atoms with Gasteiger partial charge in [0.05, 0.1) is 17.4 Å². The van der Waals surface area contributed by atoms with Gasteiger partial charge < -0.3 is 0 Å². The summed E-state index contributed by atoms with van der Waals surface area (Å²) in [5.41, 5.74) is 4.99. The van der Waals surface area contributed by atoms with Crippen molar-refractivity contribution in [1.29, 1.82) is 0 Å². The molecule has 1 aliphatic rings. The van der Waals surface area contributed by atoms with Crippen LogP contribution in [-0.4, -0.2) is 35.9 Å². The second-order valence-electron chi connectivity index (χ2n) is 8.55. The smallest absolute Gasteiger partial charge is 0.234 e. The van der Waals surface area contributed by atoms with Crippen molar-refractivity contribution in [3.63, 3.8) is 0 Å². The largest absolute Gasteiger partial charge is 0.294 e. The van der Waals surface area contributed by atoms with Gasteiger partial charge in [0.1, 0.15) is 5.82 Å². The van der Waals surface area contributed by atoms with Gasteiger partial charge in [0.15, 0.2) is 0 Å². The summed E-state index contributed by atoms with van der Waals surface area (Å²) in [5.74, 6) is -0.279. The minimum atomic E-state index is -1.99. The van der Waals surface area contributed by atoms with Gasteiger partial charge in [-0.1, -0.05) is 30.3 Å². The fourth-order valence-electron chi connectivity index (χ4n) is 4.95. The molecule has 1 aromatic heterocycles. The maximum absolute atomic E-state index is 13.4. The lowest BCUT2D eigenvalue weighted by molar-refractivity contribution is 0.404. The van der Waals surface area contributed by atoms with Gasteiger partial charge in [-0.25, -0.2) is 17.6 Å². The van der Waals surface area contributed by atoms with Crippen molar-refractivity contribution in [2.75, 3.05) is 13.1 Å². The minimum Gasteiger partial charge on any atom is -0.294 e. The van der Waals surface area contributed by atoms with E-state index in [1.54, 1.807) is 16.4 Å². The highest BCUT2D eigenvalue weighted by Gasteiger charge is 2.42. The molecule has 2 heterocycles. The number of aryl methyl sites for hydroxylation is 1. The van der Waals surface area contributed by atoms with E-state index in [-0.39, 0.29) is 11.2 Å². The normalized spacial score (nSPS) is 20.1. The number of benzene rings is 3. The Morgan fingerprint density at radius 3 is 2.56 bits per heavy atom. The molecule has 5 rings (SSSR count). The van der Waals surface area contributed by atoms with Gasteiger partial charge in [-0.05, 0) is 72.9 Å². The van der Waals surface area contributed by atoms with E-state index in [1.807, 2.05) is 29.1 Å². The molecule has 1 saturated heterocycles. The van der Waals surface area contributed by atoms with Crippen LogP contribution in [0, 0.1) is 12.7 Å². The number of halogens is 1. The third kappa shape index (κ3) is 3.77. The van der Waals surface area contributed by atoms with Gasteiger partial charge >= 0.3 is 0 Å². The topological polar surface area (TPSA) is 58.4 Å². The van der Waals surface area contributed by atoms with Crippen LogP contribution in [0.1, 0.15) is 23.1 Å². The molecule has 1 fully saturated rings. The third-order valence-corrected chi connectivity index (χ3v) is 7.24. The number of nitrogens with zero attached hydrogens (tertiary/aromatic N) is 3. The van der Waals surface area contributed by atoms with E-state index in [1.165, 1.54) is 23.3 Å². The number of hydrogen-bond donors (Lipinski definition) is 1. The molecule has 0 amide bonds. The minimum absolute atomic E-state index is 0.268. The maximum Gasteiger partial charge on any atom is 0.234 e. The van der Waals surface area contributed by atoms with E-state index in [4.69, 9.17) is 0 Å². The zero-order valence-corrected chi connectivity index (χ0v) is 18.6. The summed E-state index contributed by atoms with van der Waals surface area (Å²) in [6.07, 6.45) is 3.42. The molecule has 7 heteroatoms. The molecule has 164 valence electrons. The number of hydrogen-bond acceptors (Lipinski definition) is 2. The Kier molecular flexibility index (Phi) is 5.41. The van der Waals surface area contributed by atoms with Crippen molar-refractivity contribution in [2.45, 2.75) is 25.2 Å². The molecule has 3 aromatic carbocycles. The van der Waals surface area contributed by atoms with Gasteiger partial charge in [-0.2, -0.15) is 5.10 Å². The lowest BCUT2D eigenvalue weighted by Gasteiger charge is -2.31. The predicted octanol–water partition coefficient (Wildman–Crippen LogP) is 4.80. The fraction of sp³-hybridized carbons (Fsp3) is 0.240. The monoisotopic (exact) mass is 449 g/mol. The van der Waals surface area contributed by atoms with Crippen molar-refractivity contribution >= 4 is 22.2 Å². The summed E-state index contributed by atoms with van der Waals surface area (Å²) in [5, 5.41) is 5.54. The van der Waals surface area contributed by atoms with Gasteiger partial charge in [0.2, 0.25) is 11.3 Å². The van der Waals surface area contributed by atoms with Gasteiger partial charge in [0, 0.05) is 23.9 Å². The molecule has 0 bridgehead atoms. The zero-order chi connectivity index (χ0) is 22.3. The lowest BCUT2D eigenvalue weighted by atomic mass is 9.73. The average molecular weight is 450 g/mol. The molecule has 2 atom stereocenters. The van der Waals surface area contributed by atoms with E-state index >= 15 is 0 Å². The maximum atomic E-state index is 13.4. The molecular weight excluding hydrogens is 425 g/mol. The zero-order valence-electron chi connectivity index (χ0n) is 17.7. The molecule has 0 spiro atoms. The predicted molar refractivity (Wildman–Crippen MR) is 125 cm³/mol.